The molecule has 2 aromatic carbocycles. The molecule has 0 bridgehead atoms. The number of hydrogen-bond acceptors (Lipinski definition) is 4. The summed E-state index contributed by atoms with van der Waals surface area (Å²) in [6, 6.07) is 10.5. The van der Waals surface area contributed by atoms with Crippen molar-refractivity contribution in [1.29, 1.82) is 0 Å². The van der Waals surface area contributed by atoms with E-state index < -0.39 is 0 Å². The molecule has 0 radical (unpaired) electrons. The summed E-state index contributed by atoms with van der Waals surface area (Å²) >= 11 is 3.39. The van der Waals surface area contributed by atoms with E-state index in [1.165, 1.54) is 0 Å². The van der Waals surface area contributed by atoms with Gasteiger partial charge in [0, 0.05) is 10.5 Å². The van der Waals surface area contributed by atoms with Gasteiger partial charge in [-0.2, -0.15) is 0 Å². The van der Waals surface area contributed by atoms with Crippen LogP contribution in [0, 0.1) is 0 Å². The Hall–Kier alpha value is -2.21. The lowest BCUT2D eigenvalue weighted by Crippen LogP contribution is -2.16. The molecule has 0 saturated carbocycles. The van der Waals surface area contributed by atoms with Crippen molar-refractivity contribution in [2.24, 2.45) is 0 Å². The van der Waals surface area contributed by atoms with Gasteiger partial charge in [-0.05, 0) is 44.2 Å². The van der Waals surface area contributed by atoms with Gasteiger partial charge in [0.25, 0.3) is 5.91 Å². The highest BCUT2D eigenvalue weighted by atomic mass is 79.9. The number of halogens is 1. The summed E-state index contributed by atoms with van der Waals surface area (Å²) in [6.07, 6.45) is -0.0379. The van der Waals surface area contributed by atoms with Crippen LogP contribution in [0.4, 0.5) is 5.69 Å². The second-order valence-corrected chi connectivity index (χ2v) is 6.24. The fourth-order valence-corrected chi connectivity index (χ4v) is 2.50. The smallest absolute Gasteiger partial charge is 0.259 e. The van der Waals surface area contributed by atoms with Gasteiger partial charge in [-0.25, -0.2) is 0 Å². The summed E-state index contributed by atoms with van der Waals surface area (Å²) in [4.78, 5) is 12.7. The summed E-state index contributed by atoms with van der Waals surface area (Å²) in [6.45, 7) is 3.82. The van der Waals surface area contributed by atoms with Crippen molar-refractivity contribution in [1.82, 2.24) is 0 Å². The minimum atomic E-state index is -0.293. The Kier molecular flexibility index (Phi) is 6.09. The Morgan fingerprint density at radius 2 is 1.75 bits per heavy atom. The number of benzene rings is 2. The van der Waals surface area contributed by atoms with E-state index in [0.717, 1.165) is 4.47 Å². The Labute approximate surface area is 150 Å². The normalized spacial score (nSPS) is 10.4. The second-order valence-electron chi connectivity index (χ2n) is 5.33. The van der Waals surface area contributed by atoms with Crippen molar-refractivity contribution in [3.63, 3.8) is 0 Å². The highest BCUT2D eigenvalue weighted by molar-refractivity contribution is 9.10. The zero-order valence-corrected chi connectivity index (χ0v) is 15.6. The molecule has 0 fully saturated rings. The molecule has 0 spiro atoms. The molecule has 2 rings (SSSR count). The first-order valence-electron chi connectivity index (χ1n) is 7.44. The van der Waals surface area contributed by atoms with Crippen LogP contribution in [-0.4, -0.2) is 26.2 Å². The van der Waals surface area contributed by atoms with Gasteiger partial charge in [0.1, 0.15) is 17.2 Å². The Morgan fingerprint density at radius 3 is 2.38 bits per heavy atom. The van der Waals surface area contributed by atoms with Crippen LogP contribution in [0.25, 0.3) is 0 Å². The molecular formula is C18H20BrNO4. The first-order chi connectivity index (χ1) is 11.4. The number of anilines is 1. The number of nitrogens with one attached hydrogen (secondary N) is 1. The largest absolute Gasteiger partial charge is 0.497 e. The molecule has 0 atom stereocenters. The molecule has 0 unspecified atom stereocenters. The van der Waals surface area contributed by atoms with Gasteiger partial charge < -0.3 is 19.5 Å². The lowest BCUT2D eigenvalue weighted by molar-refractivity contribution is 0.102. The second kappa shape index (κ2) is 8.06. The summed E-state index contributed by atoms with van der Waals surface area (Å²) in [5, 5.41) is 2.85. The molecule has 128 valence electrons. The van der Waals surface area contributed by atoms with Crippen LogP contribution < -0.4 is 19.5 Å². The molecule has 0 aliphatic carbocycles. The van der Waals surface area contributed by atoms with E-state index in [0.29, 0.717) is 28.5 Å². The maximum absolute atomic E-state index is 12.7. The topological polar surface area (TPSA) is 56.8 Å². The van der Waals surface area contributed by atoms with Crippen molar-refractivity contribution in [3.8, 4) is 17.2 Å². The summed E-state index contributed by atoms with van der Waals surface area (Å²) in [5.41, 5.74) is 0.959. The SMILES string of the molecule is COc1ccc(OC)c(NC(=O)c2cc(Br)ccc2OC(C)C)c1. The average molecular weight is 394 g/mol. The average Bonchev–Trinajstić information content (AvgIpc) is 2.55. The summed E-state index contributed by atoms with van der Waals surface area (Å²) in [5.74, 6) is 1.40. The number of carbonyl (C=O) groups is 1. The molecule has 0 saturated heterocycles. The third-order valence-electron chi connectivity index (χ3n) is 3.20. The minimum Gasteiger partial charge on any atom is -0.497 e. The van der Waals surface area contributed by atoms with Gasteiger partial charge in [-0.1, -0.05) is 15.9 Å². The fraction of sp³-hybridized carbons (Fsp3) is 0.278. The molecule has 1 amide bonds. The van der Waals surface area contributed by atoms with Crippen molar-refractivity contribution < 1.29 is 19.0 Å². The lowest BCUT2D eigenvalue weighted by Gasteiger charge is -2.16. The number of hydrogen-bond donors (Lipinski definition) is 1. The predicted molar refractivity (Wildman–Crippen MR) is 97.4 cm³/mol. The van der Waals surface area contributed by atoms with Gasteiger partial charge in [0.05, 0.1) is 31.6 Å². The predicted octanol–water partition coefficient (Wildman–Crippen LogP) is 4.51. The number of methoxy groups -OCH3 is 2. The van der Waals surface area contributed by atoms with E-state index in [-0.39, 0.29) is 12.0 Å². The maximum Gasteiger partial charge on any atom is 0.259 e. The van der Waals surface area contributed by atoms with E-state index in [9.17, 15) is 4.79 Å². The van der Waals surface area contributed by atoms with E-state index in [2.05, 4.69) is 21.2 Å². The standard InChI is InChI=1S/C18H20BrNO4/c1-11(2)24-16-7-5-12(19)9-14(16)18(21)20-15-10-13(22-3)6-8-17(15)23-4/h5-11H,1-4H3,(H,20,21). The highest BCUT2D eigenvalue weighted by Gasteiger charge is 2.17. The molecule has 1 N–H and O–H groups in total. The van der Waals surface area contributed by atoms with E-state index in [4.69, 9.17) is 14.2 Å². The van der Waals surface area contributed by atoms with Crippen molar-refractivity contribution in [2.45, 2.75) is 20.0 Å². The molecule has 6 heteroatoms. The summed E-state index contributed by atoms with van der Waals surface area (Å²) in [7, 11) is 3.11. The van der Waals surface area contributed by atoms with E-state index >= 15 is 0 Å². The van der Waals surface area contributed by atoms with Crippen LogP contribution in [0.5, 0.6) is 17.2 Å². The third kappa shape index (κ3) is 4.41. The van der Waals surface area contributed by atoms with Crippen LogP contribution in [0.1, 0.15) is 24.2 Å². The van der Waals surface area contributed by atoms with E-state index in [1.54, 1.807) is 44.6 Å². The minimum absolute atomic E-state index is 0.0379. The monoisotopic (exact) mass is 393 g/mol. The first kappa shape index (κ1) is 18.1. The number of rotatable bonds is 6. The van der Waals surface area contributed by atoms with Gasteiger partial charge in [-0.3, -0.25) is 4.79 Å². The van der Waals surface area contributed by atoms with Gasteiger partial charge in [-0.15, -0.1) is 0 Å². The van der Waals surface area contributed by atoms with Crippen LogP contribution >= 0.6 is 15.9 Å². The van der Waals surface area contributed by atoms with E-state index in [1.807, 2.05) is 19.9 Å². The van der Waals surface area contributed by atoms with Crippen LogP contribution in [0.3, 0.4) is 0 Å². The fourth-order valence-electron chi connectivity index (χ4n) is 2.14. The zero-order valence-electron chi connectivity index (χ0n) is 14.1. The number of ether oxygens (including phenoxy) is 3. The van der Waals surface area contributed by atoms with Crippen molar-refractivity contribution >= 4 is 27.5 Å². The van der Waals surface area contributed by atoms with Gasteiger partial charge in [0.15, 0.2) is 0 Å². The molecule has 5 nitrogen and oxygen atoms in total. The Morgan fingerprint density at radius 1 is 1.04 bits per heavy atom. The number of amides is 1. The van der Waals surface area contributed by atoms with Crippen LogP contribution in [-0.2, 0) is 0 Å². The molecule has 0 heterocycles. The quantitative estimate of drug-likeness (QED) is 0.784. The molecule has 2 aromatic rings. The lowest BCUT2D eigenvalue weighted by atomic mass is 10.1. The maximum atomic E-state index is 12.7. The van der Waals surface area contributed by atoms with Crippen molar-refractivity contribution in [2.75, 3.05) is 19.5 Å². The van der Waals surface area contributed by atoms with Gasteiger partial charge >= 0.3 is 0 Å². The Bertz CT molecular complexity index is 731. The molecular weight excluding hydrogens is 374 g/mol. The summed E-state index contributed by atoms with van der Waals surface area (Å²) < 4.78 is 17.0. The number of carbonyl (C=O) groups excluding carboxylic acids is 1. The Balaban J connectivity index is 2.35. The van der Waals surface area contributed by atoms with Gasteiger partial charge in [0.2, 0.25) is 0 Å². The van der Waals surface area contributed by atoms with Crippen LogP contribution in [0.15, 0.2) is 40.9 Å². The molecule has 0 aromatic heterocycles. The first-order valence-corrected chi connectivity index (χ1v) is 8.23. The molecule has 0 aliphatic rings. The van der Waals surface area contributed by atoms with Crippen LogP contribution in [0.2, 0.25) is 0 Å². The molecule has 0 aliphatic heterocycles. The third-order valence-corrected chi connectivity index (χ3v) is 3.70. The molecule has 24 heavy (non-hydrogen) atoms. The highest BCUT2D eigenvalue weighted by Crippen LogP contribution is 2.31. The van der Waals surface area contributed by atoms with Crippen molar-refractivity contribution in [3.05, 3.63) is 46.4 Å². The zero-order chi connectivity index (χ0) is 17.7.